The van der Waals surface area contributed by atoms with Gasteiger partial charge in [-0.25, -0.2) is 16.8 Å². The van der Waals surface area contributed by atoms with Gasteiger partial charge in [0.15, 0.2) is 4.90 Å². The Morgan fingerprint density at radius 3 is 2.52 bits per heavy atom. The van der Waals surface area contributed by atoms with E-state index < -0.39 is 35.6 Å². The van der Waals surface area contributed by atoms with Crippen molar-refractivity contribution in [1.82, 2.24) is 0 Å². The van der Waals surface area contributed by atoms with Crippen molar-refractivity contribution in [2.75, 3.05) is 15.6 Å². The predicted molar refractivity (Wildman–Crippen MR) is 118 cm³/mol. The number of fused-ring (bicyclic) bond motifs is 1. The molecule has 2 heterocycles. The van der Waals surface area contributed by atoms with Crippen LogP contribution in [0.25, 0.3) is 0 Å². The highest BCUT2D eigenvalue weighted by atomic mass is 32.2. The summed E-state index contributed by atoms with van der Waals surface area (Å²) in [7, 11) is -7.91. The monoisotopic (exact) mass is 479 g/mol. The van der Waals surface area contributed by atoms with Crippen LogP contribution in [0.4, 0.5) is 17.1 Å². The van der Waals surface area contributed by atoms with E-state index in [1.807, 2.05) is 0 Å². The number of anilines is 2. The van der Waals surface area contributed by atoms with Crippen molar-refractivity contribution in [2.24, 2.45) is 0 Å². The summed E-state index contributed by atoms with van der Waals surface area (Å²) in [6.07, 6.45) is 1.16. The number of nitrogens with one attached hydrogen (secondary N) is 1. The standard InChI is InChI=1S/C19H17N3O6S3/c23-22(24)17-6-1-2-7-18(17)30(25,26)20-15-9-10-16-14(13-15)5-3-11-21(16)31(27,28)19-8-4-12-29-19/h1-2,4,6-10,12-13,20H,3,5,11H2. The van der Waals surface area contributed by atoms with Crippen LogP contribution in [-0.2, 0) is 26.5 Å². The Bertz CT molecular complexity index is 1350. The molecule has 0 spiro atoms. The third kappa shape index (κ3) is 4.01. The number of rotatable bonds is 6. The molecule has 31 heavy (non-hydrogen) atoms. The molecule has 0 aliphatic carbocycles. The minimum absolute atomic E-state index is 0.201. The second kappa shape index (κ2) is 7.94. The largest absolute Gasteiger partial charge is 0.289 e. The lowest BCUT2D eigenvalue weighted by atomic mass is 10.0. The molecule has 0 unspecified atom stereocenters. The first-order valence-electron chi connectivity index (χ1n) is 9.15. The highest BCUT2D eigenvalue weighted by Crippen LogP contribution is 2.35. The smallest absolute Gasteiger partial charge is 0.279 e. The number of benzene rings is 2. The lowest BCUT2D eigenvalue weighted by Gasteiger charge is -2.30. The molecule has 4 rings (SSSR count). The molecule has 12 heteroatoms. The van der Waals surface area contributed by atoms with Gasteiger partial charge in [0.1, 0.15) is 4.21 Å². The minimum Gasteiger partial charge on any atom is -0.279 e. The van der Waals surface area contributed by atoms with E-state index in [-0.39, 0.29) is 9.90 Å². The Hall–Kier alpha value is -2.96. The molecule has 3 aromatic rings. The van der Waals surface area contributed by atoms with Gasteiger partial charge in [-0.2, -0.15) is 0 Å². The Balaban J connectivity index is 1.67. The molecule has 9 nitrogen and oxygen atoms in total. The third-order valence-corrected chi connectivity index (χ3v) is 9.41. The summed E-state index contributed by atoms with van der Waals surface area (Å²) in [6.45, 7) is 0.328. The predicted octanol–water partition coefficient (Wildman–Crippen LogP) is 3.60. The average Bonchev–Trinajstić information content (AvgIpc) is 3.28. The summed E-state index contributed by atoms with van der Waals surface area (Å²) in [4.78, 5) is 9.99. The number of sulfonamides is 2. The van der Waals surface area contributed by atoms with Gasteiger partial charge in [-0.1, -0.05) is 18.2 Å². The van der Waals surface area contributed by atoms with Crippen LogP contribution in [-0.4, -0.2) is 28.3 Å². The van der Waals surface area contributed by atoms with Crippen LogP contribution in [0.1, 0.15) is 12.0 Å². The Labute approximate surface area is 183 Å². The van der Waals surface area contributed by atoms with Crippen molar-refractivity contribution in [3.8, 4) is 0 Å². The summed E-state index contributed by atoms with van der Waals surface area (Å²) >= 11 is 1.13. The zero-order valence-electron chi connectivity index (χ0n) is 16.0. The maximum absolute atomic E-state index is 13.0. The average molecular weight is 480 g/mol. The van der Waals surface area contributed by atoms with Gasteiger partial charge in [-0.15, -0.1) is 11.3 Å². The molecule has 1 aliphatic rings. The van der Waals surface area contributed by atoms with Gasteiger partial charge in [0.2, 0.25) is 0 Å². The number of nitro benzene ring substituents is 1. The second-order valence-electron chi connectivity index (χ2n) is 6.79. The molecule has 0 fully saturated rings. The number of nitro groups is 1. The van der Waals surface area contributed by atoms with Crippen molar-refractivity contribution < 1.29 is 21.8 Å². The van der Waals surface area contributed by atoms with Crippen LogP contribution in [0.3, 0.4) is 0 Å². The molecule has 1 aliphatic heterocycles. The molecule has 1 N–H and O–H groups in total. The zero-order valence-corrected chi connectivity index (χ0v) is 18.4. The molecule has 0 bridgehead atoms. The van der Waals surface area contributed by atoms with Crippen LogP contribution in [0.5, 0.6) is 0 Å². The molecule has 162 valence electrons. The fraction of sp³-hybridized carbons (Fsp3) is 0.158. The van der Waals surface area contributed by atoms with Crippen LogP contribution in [0, 0.1) is 10.1 Å². The van der Waals surface area contributed by atoms with Crippen molar-refractivity contribution in [2.45, 2.75) is 21.9 Å². The van der Waals surface area contributed by atoms with Crippen LogP contribution >= 0.6 is 11.3 Å². The molecule has 0 amide bonds. The van der Waals surface area contributed by atoms with E-state index >= 15 is 0 Å². The van der Waals surface area contributed by atoms with Crippen LogP contribution in [0.15, 0.2) is 69.1 Å². The Morgan fingerprint density at radius 2 is 1.81 bits per heavy atom. The lowest BCUT2D eigenvalue weighted by Crippen LogP contribution is -2.35. The van der Waals surface area contributed by atoms with E-state index in [0.29, 0.717) is 30.6 Å². The maximum Gasteiger partial charge on any atom is 0.289 e. The summed E-state index contributed by atoms with van der Waals surface area (Å²) in [6, 6.07) is 12.9. The van der Waals surface area contributed by atoms with Gasteiger partial charge in [0.25, 0.3) is 25.7 Å². The van der Waals surface area contributed by atoms with E-state index in [4.69, 9.17) is 0 Å². The Kier molecular flexibility index (Phi) is 5.45. The summed E-state index contributed by atoms with van der Waals surface area (Å²) in [5.74, 6) is 0. The van der Waals surface area contributed by atoms with Gasteiger partial charge < -0.3 is 0 Å². The highest BCUT2D eigenvalue weighted by molar-refractivity contribution is 7.94. The van der Waals surface area contributed by atoms with Gasteiger partial charge in [-0.3, -0.25) is 19.1 Å². The second-order valence-corrected chi connectivity index (χ2v) is 11.5. The molecule has 0 saturated heterocycles. The van der Waals surface area contributed by atoms with Gasteiger partial charge in [0.05, 0.1) is 10.6 Å². The number of para-hydroxylation sites is 1. The summed E-state index contributed by atoms with van der Waals surface area (Å²) in [5, 5.41) is 12.9. The van der Waals surface area contributed by atoms with Crippen LogP contribution < -0.4 is 9.03 Å². The first-order valence-corrected chi connectivity index (χ1v) is 13.0. The van der Waals surface area contributed by atoms with Crippen molar-refractivity contribution >= 4 is 48.4 Å². The van der Waals surface area contributed by atoms with E-state index in [1.165, 1.54) is 22.5 Å². The lowest BCUT2D eigenvalue weighted by molar-refractivity contribution is -0.387. The fourth-order valence-electron chi connectivity index (χ4n) is 3.44. The number of nitrogens with zero attached hydrogens (tertiary/aromatic N) is 2. The number of hydrogen-bond acceptors (Lipinski definition) is 7. The maximum atomic E-state index is 13.0. The number of aryl methyl sites for hydroxylation is 1. The van der Waals surface area contributed by atoms with Gasteiger partial charge in [0, 0.05) is 18.3 Å². The van der Waals surface area contributed by atoms with Gasteiger partial charge in [-0.05, 0) is 54.1 Å². The van der Waals surface area contributed by atoms with Gasteiger partial charge >= 0.3 is 0 Å². The first-order chi connectivity index (χ1) is 14.7. The SMILES string of the molecule is O=[N+]([O-])c1ccccc1S(=O)(=O)Nc1ccc2c(c1)CCCN2S(=O)(=O)c1cccs1. The molecular weight excluding hydrogens is 462 g/mol. The minimum atomic E-state index is -4.21. The van der Waals surface area contributed by atoms with Crippen molar-refractivity contribution in [3.05, 3.63) is 75.7 Å². The first kappa shape index (κ1) is 21.3. The normalized spacial score (nSPS) is 14.1. The summed E-state index contributed by atoms with van der Waals surface area (Å²) in [5.41, 5.74) is 0.843. The van der Waals surface area contributed by atoms with E-state index in [9.17, 15) is 26.9 Å². The third-order valence-electron chi connectivity index (χ3n) is 4.80. The van der Waals surface area contributed by atoms with Crippen molar-refractivity contribution in [3.63, 3.8) is 0 Å². The quantitative estimate of drug-likeness (QED) is 0.425. The van der Waals surface area contributed by atoms with E-state index in [0.717, 1.165) is 23.5 Å². The molecular formula is C19H17N3O6S3. The zero-order chi connectivity index (χ0) is 22.2. The topological polar surface area (TPSA) is 127 Å². The molecule has 0 atom stereocenters. The van der Waals surface area contributed by atoms with E-state index in [2.05, 4.69) is 4.72 Å². The fourth-order valence-corrected chi connectivity index (χ4v) is 7.31. The molecule has 0 saturated carbocycles. The van der Waals surface area contributed by atoms with Crippen molar-refractivity contribution in [1.29, 1.82) is 0 Å². The highest BCUT2D eigenvalue weighted by Gasteiger charge is 2.31. The molecule has 1 aromatic heterocycles. The van der Waals surface area contributed by atoms with E-state index in [1.54, 1.807) is 29.6 Å². The number of hydrogen-bond donors (Lipinski definition) is 1. The molecule has 0 radical (unpaired) electrons. The number of thiophene rings is 1. The summed E-state index contributed by atoms with van der Waals surface area (Å²) < 4.78 is 55.4. The van der Waals surface area contributed by atoms with Crippen LogP contribution in [0.2, 0.25) is 0 Å². The molecule has 2 aromatic carbocycles. The Morgan fingerprint density at radius 1 is 1.03 bits per heavy atom.